The molecule has 122 valence electrons. The molecule has 1 aromatic carbocycles. The van der Waals surface area contributed by atoms with Crippen molar-refractivity contribution in [1.82, 2.24) is 10.6 Å². The van der Waals surface area contributed by atoms with Crippen molar-refractivity contribution in [2.24, 2.45) is 0 Å². The van der Waals surface area contributed by atoms with Crippen LogP contribution in [0.1, 0.15) is 40.2 Å². The van der Waals surface area contributed by atoms with Crippen LogP contribution in [-0.2, 0) is 16.1 Å². The van der Waals surface area contributed by atoms with E-state index in [-0.39, 0.29) is 18.2 Å². The molecule has 0 radical (unpaired) electrons. The summed E-state index contributed by atoms with van der Waals surface area (Å²) < 4.78 is 5.14. The first-order valence-electron chi connectivity index (χ1n) is 7.07. The van der Waals surface area contributed by atoms with Crippen LogP contribution in [0, 0.1) is 0 Å². The van der Waals surface area contributed by atoms with E-state index in [9.17, 15) is 14.7 Å². The van der Waals surface area contributed by atoms with E-state index >= 15 is 0 Å². The van der Waals surface area contributed by atoms with Gasteiger partial charge in [0, 0.05) is 12.1 Å². The molecule has 6 nitrogen and oxygen atoms in total. The van der Waals surface area contributed by atoms with Crippen LogP contribution in [0.15, 0.2) is 24.3 Å². The van der Waals surface area contributed by atoms with Gasteiger partial charge in [-0.05, 0) is 40.7 Å². The maximum atomic E-state index is 12.2. The van der Waals surface area contributed by atoms with Crippen LogP contribution in [0.25, 0.3) is 0 Å². The summed E-state index contributed by atoms with van der Waals surface area (Å²) in [5, 5.41) is 14.9. The van der Waals surface area contributed by atoms with Crippen molar-refractivity contribution in [3.63, 3.8) is 0 Å². The van der Waals surface area contributed by atoms with Crippen LogP contribution in [-0.4, -0.2) is 28.2 Å². The molecule has 0 atom stereocenters. The number of rotatable bonds is 4. The molecule has 1 aromatic rings. The van der Waals surface area contributed by atoms with Crippen molar-refractivity contribution < 1.29 is 19.4 Å². The molecule has 0 spiro atoms. The molecule has 1 rings (SSSR count). The normalized spacial score (nSPS) is 11.7. The number of phenols is 1. The highest BCUT2D eigenvalue weighted by Gasteiger charge is 2.31. The Morgan fingerprint density at radius 3 is 2.27 bits per heavy atom. The molecule has 0 unspecified atom stereocenters. The smallest absolute Gasteiger partial charge is 0.408 e. The summed E-state index contributed by atoms with van der Waals surface area (Å²) in [4.78, 5) is 23.9. The number of carbonyl (C=O) groups excluding carboxylic acids is 2. The van der Waals surface area contributed by atoms with Gasteiger partial charge in [0.2, 0.25) is 5.91 Å². The van der Waals surface area contributed by atoms with Crippen molar-refractivity contribution >= 4 is 12.0 Å². The third kappa shape index (κ3) is 5.63. The molecule has 0 aromatic heterocycles. The molecule has 2 amide bonds. The maximum absolute atomic E-state index is 12.2. The zero-order chi connectivity index (χ0) is 17.0. The van der Waals surface area contributed by atoms with Crippen molar-refractivity contribution in [2.75, 3.05) is 0 Å². The van der Waals surface area contributed by atoms with Crippen molar-refractivity contribution in [1.29, 1.82) is 0 Å². The third-order valence-electron chi connectivity index (χ3n) is 2.81. The van der Waals surface area contributed by atoms with Crippen molar-refractivity contribution in [3.8, 4) is 5.75 Å². The molecular weight excluding hydrogens is 284 g/mol. The summed E-state index contributed by atoms with van der Waals surface area (Å²) in [6.07, 6.45) is -0.657. The molecule has 0 heterocycles. The Labute approximate surface area is 130 Å². The van der Waals surface area contributed by atoms with E-state index in [4.69, 9.17) is 4.74 Å². The summed E-state index contributed by atoms with van der Waals surface area (Å²) in [7, 11) is 0. The molecular formula is C16H24N2O4. The first-order chi connectivity index (χ1) is 10.0. The number of amides is 2. The van der Waals surface area contributed by atoms with Crippen LogP contribution in [0.3, 0.4) is 0 Å². The number of alkyl carbamates (subject to hydrolysis) is 1. The van der Waals surface area contributed by atoms with Crippen molar-refractivity contribution in [3.05, 3.63) is 29.8 Å². The van der Waals surface area contributed by atoms with Crippen LogP contribution in [0.5, 0.6) is 5.75 Å². The summed E-state index contributed by atoms with van der Waals surface area (Å²) in [6.45, 7) is 8.58. The van der Waals surface area contributed by atoms with Crippen LogP contribution >= 0.6 is 0 Å². The second kappa shape index (κ2) is 6.68. The number of phenolic OH excluding ortho intramolecular Hbond substituents is 1. The predicted molar refractivity (Wildman–Crippen MR) is 83.4 cm³/mol. The fourth-order valence-corrected chi connectivity index (χ4v) is 1.67. The largest absolute Gasteiger partial charge is 0.508 e. The van der Waals surface area contributed by atoms with Gasteiger partial charge < -0.3 is 20.5 Å². The van der Waals surface area contributed by atoms with Gasteiger partial charge in [0.25, 0.3) is 0 Å². The topological polar surface area (TPSA) is 87.7 Å². The monoisotopic (exact) mass is 308 g/mol. The van der Waals surface area contributed by atoms with Gasteiger partial charge >= 0.3 is 6.09 Å². The number of hydrogen-bond donors (Lipinski definition) is 3. The van der Waals surface area contributed by atoms with Gasteiger partial charge in [-0.1, -0.05) is 18.2 Å². The van der Waals surface area contributed by atoms with Gasteiger partial charge in [-0.15, -0.1) is 0 Å². The number of carbonyl (C=O) groups is 2. The summed E-state index contributed by atoms with van der Waals surface area (Å²) in [5.41, 5.74) is -1.16. The van der Waals surface area contributed by atoms with E-state index in [1.54, 1.807) is 58.9 Å². The van der Waals surface area contributed by atoms with Gasteiger partial charge in [0.15, 0.2) is 0 Å². The lowest BCUT2D eigenvalue weighted by Crippen LogP contribution is -2.55. The van der Waals surface area contributed by atoms with Gasteiger partial charge in [0.1, 0.15) is 16.9 Å². The molecule has 0 aliphatic rings. The minimum absolute atomic E-state index is 0.112. The van der Waals surface area contributed by atoms with Crippen LogP contribution < -0.4 is 10.6 Å². The first kappa shape index (κ1) is 17.8. The lowest BCUT2D eigenvalue weighted by atomic mass is 10.0. The average molecular weight is 308 g/mol. The van der Waals surface area contributed by atoms with E-state index in [0.29, 0.717) is 5.56 Å². The van der Waals surface area contributed by atoms with Gasteiger partial charge in [-0.2, -0.15) is 0 Å². The quantitative estimate of drug-likeness (QED) is 0.796. The first-order valence-corrected chi connectivity index (χ1v) is 7.07. The minimum atomic E-state index is -1.13. The number of aromatic hydroxyl groups is 1. The standard InChI is InChI=1S/C16H24N2O4/c1-15(2,3)22-14(21)18-16(4,5)13(20)17-10-11-8-6-7-9-12(11)19/h6-9,19H,10H2,1-5H3,(H,17,20)(H,18,21). The summed E-state index contributed by atoms with van der Waals surface area (Å²) in [6, 6.07) is 6.73. The van der Waals surface area contributed by atoms with E-state index in [0.717, 1.165) is 0 Å². The number of hydrogen-bond acceptors (Lipinski definition) is 4. The Balaban J connectivity index is 2.59. The molecule has 0 fully saturated rings. The van der Waals surface area contributed by atoms with Crippen LogP contribution in [0.2, 0.25) is 0 Å². The summed E-state index contributed by atoms with van der Waals surface area (Å²) >= 11 is 0. The molecule has 6 heteroatoms. The second-order valence-corrected chi connectivity index (χ2v) is 6.56. The average Bonchev–Trinajstić information content (AvgIpc) is 2.34. The molecule has 0 aliphatic heterocycles. The fraction of sp³-hybridized carbons (Fsp3) is 0.500. The zero-order valence-electron chi connectivity index (χ0n) is 13.7. The molecule has 0 saturated carbocycles. The molecule has 3 N–H and O–H groups in total. The van der Waals surface area contributed by atoms with E-state index < -0.39 is 17.2 Å². The second-order valence-electron chi connectivity index (χ2n) is 6.56. The van der Waals surface area contributed by atoms with E-state index in [2.05, 4.69) is 10.6 Å². The highest BCUT2D eigenvalue weighted by atomic mass is 16.6. The molecule has 0 aliphatic carbocycles. The Kier molecular flexibility index (Phi) is 5.41. The van der Waals surface area contributed by atoms with Gasteiger partial charge in [-0.3, -0.25) is 4.79 Å². The van der Waals surface area contributed by atoms with Gasteiger partial charge in [0.05, 0.1) is 0 Å². The number of ether oxygens (including phenoxy) is 1. The Hall–Kier alpha value is -2.24. The molecule has 0 bridgehead atoms. The SMILES string of the molecule is CC(C)(C)OC(=O)NC(C)(C)C(=O)NCc1ccccc1O. The minimum Gasteiger partial charge on any atom is -0.508 e. The molecule has 22 heavy (non-hydrogen) atoms. The van der Waals surface area contributed by atoms with E-state index in [1.807, 2.05) is 0 Å². The predicted octanol–water partition coefficient (Wildman–Crippen LogP) is 2.31. The van der Waals surface area contributed by atoms with Crippen molar-refractivity contribution in [2.45, 2.75) is 52.3 Å². The molecule has 0 saturated heterocycles. The van der Waals surface area contributed by atoms with Crippen LogP contribution in [0.4, 0.5) is 4.79 Å². The Morgan fingerprint density at radius 2 is 1.73 bits per heavy atom. The van der Waals surface area contributed by atoms with E-state index in [1.165, 1.54) is 0 Å². The Bertz CT molecular complexity index is 547. The lowest BCUT2D eigenvalue weighted by Gasteiger charge is -2.27. The highest BCUT2D eigenvalue weighted by Crippen LogP contribution is 2.15. The summed E-state index contributed by atoms with van der Waals surface area (Å²) in [5.74, 6) is -0.262. The highest BCUT2D eigenvalue weighted by molar-refractivity contribution is 5.89. The zero-order valence-corrected chi connectivity index (χ0v) is 13.7. The maximum Gasteiger partial charge on any atom is 0.408 e. The Morgan fingerprint density at radius 1 is 1.14 bits per heavy atom. The fourth-order valence-electron chi connectivity index (χ4n) is 1.67. The number of nitrogens with one attached hydrogen (secondary N) is 2. The van der Waals surface area contributed by atoms with Gasteiger partial charge in [-0.25, -0.2) is 4.79 Å². The number of benzene rings is 1. The number of para-hydroxylation sites is 1. The lowest BCUT2D eigenvalue weighted by molar-refractivity contribution is -0.126. The third-order valence-corrected chi connectivity index (χ3v) is 2.81.